The van der Waals surface area contributed by atoms with Crippen LogP contribution in [0.5, 0.6) is 0 Å². The Morgan fingerprint density at radius 3 is 1.56 bits per heavy atom. The highest BCUT2D eigenvalue weighted by atomic mass is 15.2. The van der Waals surface area contributed by atoms with Gasteiger partial charge in [0.15, 0.2) is 0 Å². The van der Waals surface area contributed by atoms with E-state index in [9.17, 15) is 0 Å². The van der Waals surface area contributed by atoms with Gasteiger partial charge in [0.05, 0.1) is 11.4 Å². The van der Waals surface area contributed by atoms with Gasteiger partial charge in [-0.25, -0.2) is 0 Å². The van der Waals surface area contributed by atoms with Crippen molar-refractivity contribution in [3.05, 3.63) is 234 Å². The highest BCUT2D eigenvalue weighted by Crippen LogP contribution is 2.44. The smallest absolute Gasteiger partial charge is 0.0546 e. The second kappa shape index (κ2) is 16.1. The maximum atomic E-state index is 2.50. The maximum absolute atomic E-state index is 2.50. The molecule has 2 aliphatic rings. The van der Waals surface area contributed by atoms with Crippen LogP contribution in [0.3, 0.4) is 0 Å². The molecule has 0 amide bonds. The minimum atomic E-state index is 0.997. The van der Waals surface area contributed by atoms with Crippen LogP contribution in [0.1, 0.15) is 30.4 Å². The van der Waals surface area contributed by atoms with E-state index in [-0.39, 0.29) is 0 Å². The van der Waals surface area contributed by atoms with Gasteiger partial charge in [-0.1, -0.05) is 170 Å². The molecule has 0 atom stereocenters. The first-order valence-electron chi connectivity index (χ1n) is 22.6. The van der Waals surface area contributed by atoms with Gasteiger partial charge in [0.1, 0.15) is 0 Å². The van der Waals surface area contributed by atoms with Gasteiger partial charge in [-0.3, -0.25) is 0 Å². The van der Waals surface area contributed by atoms with E-state index in [1.165, 1.54) is 87.5 Å². The van der Waals surface area contributed by atoms with E-state index < -0.39 is 0 Å². The Balaban J connectivity index is 1.10. The summed E-state index contributed by atoms with van der Waals surface area (Å²) < 4.78 is 0. The van der Waals surface area contributed by atoms with Crippen LogP contribution in [0.2, 0.25) is 0 Å². The third-order valence-electron chi connectivity index (χ3n) is 13.3. The average Bonchev–Trinajstić information content (AvgIpc) is 3.37. The zero-order valence-corrected chi connectivity index (χ0v) is 35.7. The first-order valence-corrected chi connectivity index (χ1v) is 22.6. The average molecular weight is 819 g/mol. The number of anilines is 6. The number of fused-ring (bicyclic) bond motifs is 7. The van der Waals surface area contributed by atoms with Crippen molar-refractivity contribution in [2.24, 2.45) is 0 Å². The van der Waals surface area contributed by atoms with E-state index in [1.54, 1.807) is 0 Å². The molecule has 0 spiro atoms. The minimum absolute atomic E-state index is 0.997. The molecule has 12 rings (SSSR count). The summed E-state index contributed by atoms with van der Waals surface area (Å²) in [5.74, 6) is 0. The van der Waals surface area contributed by atoms with E-state index in [0.29, 0.717) is 0 Å². The van der Waals surface area contributed by atoms with Crippen LogP contribution in [0.4, 0.5) is 34.1 Å². The van der Waals surface area contributed by atoms with E-state index >= 15 is 0 Å². The summed E-state index contributed by atoms with van der Waals surface area (Å²) in [5, 5.41) is 9.99. The molecule has 2 aliphatic carbocycles. The lowest BCUT2D eigenvalue weighted by atomic mass is 9.92. The molecule has 10 aromatic rings. The summed E-state index contributed by atoms with van der Waals surface area (Å²) in [5.41, 5.74) is 14.5. The zero-order valence-electron chi connectivity index (χ0n) is 35.7. The first kappa shape index (κ1) is 37.8. The Labute approximate surface area is 374 Å². The minimum Gasteiger partial charge on any atom is -0.310 e. The summed E-state index contributed by atoms with van der Waals surface area (Å²) in [6.45, 7) is 0. The summed E-state index contributed by atoms with van der Waals surface area (Å²) in [6.07, 6.45) is 13.7. The van der Waals surface area contributed by atoms with Crippen molar-refractivity contribution in [1.29, 1.82) is 0 Å². The molecule has 0 aliphatic heterocycles. The van der Waals surface area contributed by atoms with Crippen molar-refractivity contribution in [3.8, 4) is 22.3 Å². The van der Waals surface area contributed by atoms with E-state index in [2.05, 4.69) is 240 Å². The van der Waals surface area contributed by atoms with Crippen LogP contribution in [0.25, 0.3) is 72.8 Å². The van der Waals surface area contributed by atoms with Crippen LogP contribution < -0.4 is 20.2 Å². The Bertz CT molecular complexity index is 3530. The van der Waals surface area contributed by atoms with Crippen molar-refractivity contribution >= 4 is 84.7 Å². The Morgan fingerprint density at radius 2 is 0.859 bits per heavy atom. The van der Waals surface area contributed by atoms with Crippen LogP contribution in [0.15, 0.2) is 212 Å². The van der Waals surface area contributed by atoms with Gasteiger partial charge in [0.2, 0.25) is 0 Å². The predicted octanol–water partition coefficient (Wildman–Crippen LogP) is 15.7. The van der Waals surface area contributed by atoms with Crippen molar-refractivity contribution in [1.82, 2.24) is 0 Å². The third kappa shape index (κ3) is 6.76. The molecule has 0 fully saturated rings. The summed E-state index contributed by atoms with van der Waals surface area (Å²) in [7, 11) is 0. The zero-order chi connectivity index (χ0) is 42.4. The molecule has 64 heavy (non-hydrogen) atoms. The molecule has 0 saturated carbocycles. The van der Waals surface area contributed by atoms with Crippen LogP contribution >= 0.6 is 0 Å². The monoisotopic (exact) mass is 818 g/mol. The van der Waals surface area contributed by atoms with Gasteiger partial charge in [-0.05, 0) is 152 Å². The second-order valence-electron chi connectivity index (χ2n) is 17.1. The van der Waals surface area contributed by atoms with Crippen molar-refractivity contribution in [2.75, 3.05) is 9.80 Å². The van der Waals surface area contributed by atoms with Gasteiger partial charge < -0.3 is 9.80 Å². The number of aryl methyl sites for hydroxylation is 1. The van der Waals surface area contributed by atoms with Gasteiger partial charge in [0, 0.05) is 33.4 Å². The normalized spacial score (nSPS) is 12.9. The van der Waals surface area contributed by atoms with Gasteiger partial charge >= 0.3 is 0 Å². The SMILES string of the molecule is C1=Cc2cc(N(c3ccc(-c4ccccc4)cc3)c3cc4c(cc(N(c5ccc(-c6ccccc6)cc5)c5ccc6ccccc6c5)c5ccccc54)c4c3=CCCC=4)ccc2CC1. The Morgan fingerprint density at radius 1 is 0.328 bits per heavy atom. The summed E-state index contributed by atoms with van der Waals surface area (Å²) >= 11 is 0. The van der Waals surface area contributed by atoms with E-state index in [1.807, 2.05) is 0 Å². The molecule has 0 radical (unpaired) electrons. The fourth-order valence-electron chi connectivity index (χ4n) is 10.1. The lowest BCUT2D eigenvalue weighted by molar-refractivity contribution is 0.985. The molecular formula is C62H46N2. The standard InChI is InChI=1S/C62H46N2/c1-3-15-43(16-4-1)47-27-33-51(34-28-47)63(53-37-31-45-19-7-9-21-49(45)39-53)61-41-59-56-24-12-14-26-58(56)62(42-60(59)55-23-11-13-25-57(55)61)64(54-38-32-46-20-8-10-22-50(46)40-54)52-35-29-48(30-36-52)44-17-5-2-6-18-44/h1-7,9-11,13,15-19,21-42H,8,12,14,20H2. The van der Waals surface area contributed by atoms with E-state index in [0.717, 1.165) is 48.4 Å². The number of rotatable bonds is 8. The molecule has 2 nitrogen and oxygen atoms in total. The van der Waals surface area contributed by atoms with E-state index in [4.69, 9.17) is 0 Å². The lowest BCUT2D eigenvalue weighted by Gasteiger charge is -2.30. The number of hydrogen-bond donors (Lipinski definition) is 0. The fraction of sp³-hybridized carbons (Fsp3) is 0.0645. The highest BCUT2D eigenvalue weighted by molar-refractivity contribution is 6.16. The summed E-state index contributed by atoms with van der Waals surface area (Å²) in [4.78, 5) is 4.97. The number of hydrogen-bond acceptors (Lipinski definition) is 2. The topological polar surface area (TPSA) is 6.48 Å². The molecular weight excluding hydrogens is 773 g/mol. The predicted molar refractivity (Wildman–Crippen MR) is 274 cm³/mol. The van der Waals surface area contributed by atoms with Crippen molar-refractivity contribution in [3.63, 3.8) is 0 Å². The molecule has 0 saturated heterocycles. The Hall–Kier alpha value is -7.94. The van der Waals surface area contributed by atoms with Crippen LogP contribution in [0, 0.1) is 0 Å². The summed E-state index contributed by atoms with van der Waals surface area (Å²) in [6, 6.07) is 76.1. The second-order valence-corrected chi connectivity index (χ2v) is 17.1. The quantitative estimate of drug-likeness (QED) is 0.141. The van der Waals surface area contributed by atoms with Gasteiger partial charge in [-0.15, -0.1) is 0 Å². The third-order valence-corrected chi connectivity index (χ3v) is 13.3. The fourth-order valence-corrected chi connectivity index (χ4v) is 10.1. The largest absolute Gasteiger partial charge is 0.310 e. The molecule has 0 heterocycles. The first-order chi connectivity index (χ1) is 31.7. The van der Waals surface area contributed by atoms with Gasteiger partial charge in [-0.2, -0.15) is 0 Å². The maximum Gasteiger partial charge on any atom is 0.0546 e. The molecule has 0 N–H and O–H groups in total. The molecule has 0 unspecified atom stereocenters. The Kier molecular flexibility index (Phi) is 9.49. The molecule has 0 bridgehead atoms. The number of allylic oxidation sites excluding steroid dienone is 1. The molecule has 0 aromatic heterocycles. The van der Waals surface area contributed by atoms with Crippen LogP contribution in [-0.4, -0.2) is 0 Å². The number of benzene rings is 10. The molecule has 304 valence electrons. The van der Waals surface area contributed by atoms with Crippen molar-refractivity contribution in [2.45, 2.75) is 25.7 Å². The van der Waals surface area contributed by atoms with Crippen LogP contribution in [-0.2, 0) is 6.42 Å². The van der Waals surface area contributed by atoms with Crippen molar-refractivity contribution < 1.29 is 0 Å². The molecule has 10 aromatic carbocycles. The number of nitrogens with zero attached hydrogens (tertiary/aromatic N) is 2. The highest BCUT2D eigenvalue weighted by Gasteiger charge is 2.23. The van der Waals surface area contributed by atoms with Gasteiger partial charge in [0.25, 0.3) is 0 Å². The molecule has 2 heteroatoms. The lowest BCUT2D eigenvalue weighted by Crippen LogP contribution is -2.33.